The molecule has 0 saturated carbocycles. The number of anilines is 2. The molecule has 0 aliphatic carbocycles. The predicted octanol–water partition coefficient (Wildman–Crippen LogP) is 2.96. The Hall–Kier alpha value is -2.10. The number of aromatic nitrogens is 2. The predicted molar refractivity (Wildman–Crippen MR) is 83.2 cm³/mol. The van der Waals surface area contributed by atoms with E-state index in [1.54, 1.807) is 0 Å². The maximum Gasteiger partial charge on any atom is 0.161 e. The molecule has 2 heterocycles. The summed E-state index contributed by atoms with van der Waals surface area (Å²) in [7, 11) is 2.14. The van der Waals surface area contributed by atoms with Crippen molar-refractivity contribution < 1.29 is 0 Å². The van der Waals surface area contributed by atoms with Crippen LogP contribution in [0.5, 0.6) is 0 Å². The first-order chi connectivity index (χ1) is 9.78. The number of nitrogens with zero attached hydrogens (tertiary/aromatic N) is 3. The van der Waals surface area contributed by atoms with E-state index in [0.717, 1.165) is 43.1 Å². The van der Waals surface area contributed by atoms with E-state index in [-0.39, 0.29) is 0 Å². The summed E-state index contributed by atoms with van der Waals surface area (Å²) in [4.78, 5) is 11.3. The third kappa shape index (κ3) is 2.46. The summed E-state index contributed by atoms with van der Waals surface area (Å²) in [5.41, 5.74) is 3.81. The molecule has 1 aromatic heterocycles. The maximum atomic E-state index is 4.59. The van der Waals surface area contributed by atoms with Gasteiger partial charge in [-0.3, -0.25) is 0 Å². The van der Waals surface area contributed by atoms with Crippen LogP contribution >= 0.6 is 0 Å². The normalized spacial score (nSPS) is 13.4. The van der Waals surface area contributed by atoms with Crippen molar-refractivity contribution >= 4 is 11.5 Å². The van der Waals surface area contributed by atoms with Gasteiger partial charge in [0.1, 0.15) is 5.82 Å². The van der Waals surface area contributed by atoms with E-state index in [4.69, 9.17) is 0 Å². The van der Waals surface area contributed by atoms with Crippen molar-refractivity contribution in [1.82, 2.24) is 9.97 Å². The second-order valence-corrected chi connectivity index (χ2v) is 5.21. The number of hydrogen-bond acceptors (Lipinski definition) is 4. The molecule has 1 aliphatic rings. The molecule has 0 amide bonds. The first kappa shape index (κ1) is 12.9. The highest BCUT2D eigenvalue weighted by atomic mass is 15.1. The van der Waals surface area contributed by atoms with Crippen LogP contribution in [0.3, 0.4) is 0 Å². The van der Waals surface area contributed by atoms with E-state index in [1.807, 2.05) is 12.3 Å². The van der Waals surface area contributed by atoms with E-state index in [0.29, 0.717) is 0 Å². The first-order valence-electron chi connectivity index (χ1n) is 7.19. The smallest absolute Gasteiger partial charge is 0.161 e. The monoisotopic (exact) mass is 268 g/mol. The van der Waals surface area contributed by atoms with Crippen molar-refractivity contribution in [3.63, 3.8) is 0 Å². The maximum absolute atomic E-state index is 4.59. The summed E-state index contributed by atoms with van der Waals surface area (Å²) in [5.74, 6) is 1.69. The van der Waals surface area contributed by atoms with Crippen molar-refractivity contribution in [3.05, 3.63) is 36.0 Å². The molecule has 0 atom stereocenters. The topological polar surface area (TPSA) is 41.1 Å². The van der Waals surface area contributed by atoms with Gasteiger partial charge in [0.15, 0.2) is 5.82 Å². The fourth-order valence-electron chi connectivity index (χ4n) is 2.56. The van der Waals surface area contributed by atoms with Crippen LogP contribution in [0.2, 0.25) is 0 Å². The van der Waals surface area contributed by atoms with E-state index >= 15 is 0 Å². The largest absolute Gasteiger partial charge is 0.374 e. The molecular weight excluding hydrogens is 248 g/mol. The molecule has 1 N–H and O–H groups in total. The Kier molecular flexibility index (Phi) is 3.54. The lowest BCUT2D eigenvalue weighted by Crippen LogP contribution is -2.12. The van der Waals surface area contributed by atoms with Crippen LogP contribution in [0.1, 0.15) is 18.9 Å². The third-order valence-corrected chi connectivity index (χ3v) is 3.68. The van der Waals surface area contributed by atoms with Crippen LogP contribution in [0.25, 0.3) is 11.4 Å². The van der Waals surface area contributed by atoms with Crippen LogP contribution in [0.4, 0.5) is 11.5 Å². The Labute approximate surface area is 119 Å². The van der Waals surface area contributed by atoms with Crippen LogP contribution in [-0.2, 0) is 6.42 Å². The summed E-state index contributed by atoms with van der Waals surface area (Å²) < 4.78 is 0. The molecule has 0 fully saturated rings. The SMILES string of the molecule is CCCNc1ccnc(-c2ccc3c(c2)CCN3C)n1. The number of fused-ring (bicyclic) bond motifs is 1. The third-order valence-electron chi connectivity index (χ3n) is 3.68. The van der Waals surface area contributed by atoms with E-state index in [9.17, 15) is 0 Å². The number of nitrogens with one attached hydrogen (secondary N) is 1. The van der Waals surface area contributed by atoms with Gasteiger partial charge in [-0.15, -0.1) is 0 Å². The molecule has 0 spiro atoms. The van der Waals surface area contributed by atoms with E-state index in [1.165, 1.54) is 11.3 Å². The fraction of sp³-hybridized carbons (Fsp3) is 0.375. The fourth-order valence-corrected chi connectivity index (χ4v) is 2.56. The minimum Gasteiger partial charge on any atom is -0.374 e. The minimum atomic E-state index is 0.795. The van der Waals surface area contributed by atoms with Crippen LogP contribution in [0.15, 0.2) is 30.5 Å². The minimum absolute atomic E-state index is 0.795. The second kappa shape index (κ2) is 5.49. The zero-order chi connectivity index (χ0) is 13.9. The second-order valence-electron chi connectivity index (χ2n) is 5.21. The zero-order valence-corrected chi connectivity index (χ0v) is 12.1. The molecule has 1 aliphatic heterocycles. The van der Waals surface area contributed by atoms with Crippen LogP contribution < -0.4 is 10.2 Å². The highest BCUT2D eigenvalue weighted by Crippen LogP contribution is 2.30. The van der Waals surface area contributed by atoms with Crippen LogP contribution in [0, 0.1) is 0 Å². The van der Waals surface area contributed by atoms with Gasteiger partial charge in [-0.2, -0.15) is 0 Å². The first-order valence-corrected chi connectivity index (χ1v) is 7.19. The summed E-state index contributed by atoms with van der Waals surface area (Å²) in [6.07, 6.45) is 4.01. The number of benzene rings is 1. The lowest BCUT2D eigenvalue weighted by atomic mass is 10.1. The van der Waals surface area contributed by atoms with Crippen molar-refractivity contribution in [2.45, 2.75) is 19.8 Å². The summed E-state index contributed by atoms with van der Waals surface area (Å²) in [6.45, 7) is 4.18. The van der Waals surface area contributed by atoms with Crippen molar-refractivity contribution in [1.29, 1.82) is 0 Å². The Morgan fingerprint density at radius 2 is 2.20 bits per heavy atom. The molecule has 2 aromatic rings. The molecule has 4 nitrogen and oxygen atoms in total. The molecule has 1 aromatic carbocycles. The highest BCUT2D eigenvalue weighted by Gasteiger charge is 2.16. The Morgan fingerprint density at radius 3 is 3.05 bits per heavy atom. The Bertz CT molecular complexity index is 609. The molecule has 0 bridgehead atoms. The van der Waals surface area contributed by atoms with Crippen molar-refractivity contribution in [2.75, 3.05) is 30.4 Å². The van der Waals surface area contributed by atoms with Gasteiger partial charge < -0.3 is 10.2 Å². The molecule has 104 valence electrons. The molecule has 0 radical (unpaired) electrons. The molecular formula is C16H20N4. The lowest BCUT2D eigenvalue weighted by Gasteiger charge is -2.12. The highest BCUT2D eigenvalue weighted by molar-refractivity contribution is 5.67. The molecule has 20 heavy (non-hydrogen) atoms. The van der Waals surface area contributed by atoms with Gasteiger partial charge in [0, 0.05) is 37.6 Å². The Balaban J connectivity index is 1.89. The van der Waals surface area contributed by atoms with Gasteiger partial charge in [0.05, 0.1) is 0 Å². The van der Waals surface area contributed by atoms with E-state index < -0.39 is 0 Å². The lowest BCUT2D eigenvalue weighted by molar-refractivity contribution is 0.956. The van der Waals surface area contributed by atoms with Gasteiger partial charge in [0.25, 0.3) is 0 Å². The summed E-state index contributed by atoms with van der Waals surface area (Å²) in [6, 6.07) is 8.42. The average Bonchev–Trinajstić information content (AvgIpc) is 2.86. The molecule has 0 unspecified atom stereocenters. The summed E-state index contributed by atoms with van der Waals surface area (Å²) in [5, 5.41) is 3.30. The van der Waals surface area contributed by atoms with Gasteiger partial charge in [0.2, 0.25) is 0 Å². The zero-order valence-electron chi connectivity index (χ0n) is 12.1. The standard InChI is InChI=1S/C16H20N4/c1-3-8-17-15-6-9-18-16(19-15)13-4-5-14-12(11-13)7-10-20(14)2/h4-6,9,11H,3,7-8,10H2,1-2H3,(H,17,18,19). The van der Waals surface area contributed by atoms with E-state index in [2.05, 4.69) is 52.4 Å². The van der Waals surface area contributed by atoms with Gasteiger partial charge >= 0.3 is 0 Å². The van der Waals surface area contributed by atoms with Gasteiger partial charge in [-0.25, -0.2) is 9.97 Å². The Morgan fingerprint density at radius 1 is 1.30 bits per heavy atom. The number of hydrogen-bond donors (Lipinski definition) is 1. The molecule has 0 saturated heterocycles. The number of likely N-dealkylation sites (N-methyl/N-ethyl adjacent to an activating group) is 1. The number of rotatable bonds is 4. The van der Waals surface area contributed by atoms with Gasteiger partial charge in [-0.1, -0.05) is 6.92 Å². The molecule has 3 rings (SSSR count). The van der Waals surface area contributed by atoms with Crippen molar-refractivity contribution in [3.8, 4) is 11.4 Å². The molecule has 4 heteroatoms. The van der Waals surface area contributed by atoms with Gasteiger partial charge in [-0.05, 0) is 42.7 Å². The van der Waals surface area contributed by atoms with Crippen molar-refractivity contribution in [2.24, 2.45) is 0 Å². The quantitative estimate of drug-likeness (QED) is 0.925. The average molecular weight is 268 g/mol. The summed E-state index contributed by atoms with van der Waals surface area (Å²) >= 11 is 0. The van der Waals surface area contributed by atoms with Crippen LogP contribution in [-0.4, -0.2) is 30.1 Å².